The van der Waals surface area contributed by atoms with Crippen molar-refractivity contribution in [1.82, 2.24) is 14.5 Å². The molecular formula is C12H15N3O2S. The molecule has 0 unspecified atom stereocenters. The quantitative estimate of drug-likeness (QED) is 0.773. The zero-order valence-electron chi connectivity index (χ0n) is 10.4. The highest BCUT2D eigenvalue weighted by Crippen LogP contribution is 2.15. The highest BCUT2D eigenvalue weighted by Gasteiger charge is 2.12. The van der Waals surface area contributed by atoms with Crippen LogP contribution in [0.4, 0.5) is 0 Å². The molecule has 6 heteroatoms. The molecular weight excluding hydrogens is 250 g/mol. The first-order valence-electron chi connectivity index (χ1n) is 5.53. The van der Waals surface area contributed by atoms with Gasteiger partial charge in [-0.05, 0) is 12.1 Å². The second-order valence-electron chi connectivity index (χ2n) is 3.94. The van der Waals surface area contributed by atoms with Crippen LogP contribution in [-0.4, -0.2) is 33.2 Å². The molecule has 0 saturated heterocycles. The summed E-state index contributed by atoms with van der Waals surface area (Å²) in [6.45, 7) is 0.493. The summed E-state index contributed by atoms with van der Waals surface area (Å²) in [6.07, 6.45) is 5.19. The van der Waals surface area contributed by atoms with Crippen molar-refractivity contribution in [2.75, 3.05) is 12.8 Å². The van der Waals surface area contributed by atoms with Crippen molar-refractivity contribution in [3.8, 4) is 0 Å². The van der Waals surface area contributed by atoms with Crippen LogP contribution < -0.4 is 0 Å². The minimum Gasteiger partial charge on any atom is -0.467 e. The second-order valence-corrected chi connectivity index (χ2v) is 4.88. The minimum absolute atomic E-state index is 0.0550. The van der Waals surface area contributed by atoms with E-state index in [2.05, 4.69) is 4.98 Å². The summed E-state index contributed by atoms with van der Waals surface area (Å²) in [4.78, 5) is 17.7. The smallest absolute Gasteiger partial charge is 0.233 e. The Bertz CT molecular complexity index is 507. The van der Waals surface area contributed by atoms with Gasteiger partial charge in [-0.3, -0.25) is 4.79 Å². The maximum Gasteiger partial charge on any atom is 0.233 e. The van der Waals surface area contributed by atoms with Crippen LogP contribution in [-0.2, 0) is 18.4 Å². The number of carbonyl (C=O) groups is 1. The van der Waals surface area contributed by atoms with Gasteiger partial charge in [-0.25, -0.2) is 4.98 Å². The van der Waals surface area contributed by atoms with Gasteiger partial charge in [0.2, 0.25) is 5.91 Å². The Labute approximate surface area is 110 Å². The molecule has 1 amide bonds. The summed E-state index contributed by atoms with van der Waals surface area (Å²) in [5.74, 6) is 1.22. The lowest BCUT2D eigenvalue weighted by Crippen LogP contribution is -2.27. The second kappa shape index (κ2) is 5.77. The number of rotatable bonds is 5. The Morgan fingerprint density at radius 3 is 3.06 bits per heavy atom. The van der Waals surface area contributed by atoms with Crippen LogP contribution in [0, 0.1) is 0 Å². The number of hydrogen-bond donors (Lipinski definition) is 0. The average molecular weight is 265 g/mol. The van der Waals surface area contributed by atoms with Gasteiger partial charge in [0, 0.05) is 26.5 Å². The molecule has 2 aromatic rings. The number of amides is 1. The van der Waals surface area contributed by atoms with Crippen LogP contribution >= 0.6 is 11.8 Å². The number of furan rings is 1. The number of aryl methyl sites for hydroxylation is 1. The van der Waals surface area contributed by atoms with Gasteiger partial charge in [-0.1, -0.05) is 11.8 Å². The Morgan fingerprint density at radius 1 is 1.61 bits per heavy atom. The third-order valence-corrected chi connectivity index (χ3v) is 3.54. The van der Waals surface area contributed by atoms with E-state index < -0.39 is 0 Å². The number of carbonyl (C=O) groups excluding carboxylic acids is 1. The molecule has 0 aliphatic rings. The molecule has 2 aromatic heterocycles. The summed E-state index contributed by atoms with van der Waals surface area (Å²) >= 11 is 1.43. The van der Waals surface area contributed by atoms with Crippen LogP contribution in [0.2, 0.25) is 0 Å². The van der Waals surface area contributed by atoms with Crippen molar-refractivity contribution in [2.45, 2.75) is 11.7 Å². The van der Waals surface area contributed by atoms with Crippen molar-refractivity contribution in [2.24, 2.45) is 7.05 Å². The molecule has 0 radical (unpaired) electrons. The number of nitrogens with zero attached hydrogens (tertiary/aromatic N) is 3. The topological polar surface area (TPSA) is 51.3 Å². The molecule has 0 aliphatic carbocycles. The molecule has 0 fully saturated rings. The average Bonchev–Trinajstić information content (AvgIpc) is 2.98. The number of thioether (sulfide) groups is 1. The summed E-state index contributed by atoms with van der Waals surface area (Å²) in [6, 6.07) is 3.67. The first-order chi connectivity index (χ1) is 8.66. The fourth-order valence-corrected chi connectivity index (χ4v) is 2.32. The van der Waals surface area contributed by atoms with Gasteiger partial charge in [-0.15, -0.1) is 0 Å². The van der Waals surface area contributed by atoms with E-state index in [1.165, 1.54) is 11.8 Å². The van der Waals surface area contributed by atoms with Crippen molar-refractivity contribution in [3.63, 3.8) is 0 Å². The zero-order chi connectivity index (χ0) is 13.0. The normalized spacial score (nSPS) is 10.6. The van der Waals surface area contributed by atoms with E-state index in [4.69, 9.17) is 4.42 Å². The molecule has 0 spiro atoms. The molecule has 96 valence electrons. The Morgan fingerprint density at radius 2 is 2.44 bits per heavy atom. The fraction of sp³-hybridized carbons (Fsp3) is 0.333. The number of aromatic nitrogens is 2. The van der Waals surface area contributed by atoms with Crippen molar-refractivity contribution in [1.29, 1.82) is 0 Å². The predicted molar refractivity (Wildman–Crippen MR) is 69.1 cm³/mol. The molecule has 0 bridgehead atoms. The summed E-state index contributed by atoms with van der Waals surface area (Å²) in [5.41, 5.74) is 0. The predicted octanol–water partition coefficient (Wildman–Crippen LogP) is 1.76. The van der Waals surface area contributed by atoms with Gasteiger partial charge in [0.15, 0.2) is 5.16 Å². The Kier molecular flexibility index (Phi) is 4.09. The maximum absolute atomic E-state index is 11.9. The molecule has 2 rings (SSSR count). The monoisotopic (exact) mass is 265 g/mol. The third-order valence-electron chi connectivity index (χ3n) is 2.50. The number of imidazole rings is 1. The first-order valence-corrected chi connectivity index (χ1v) is 6.52. The van der Waals surface area contributed by atoms with Gasteiger partial charge < -0.3 is 13.9 Å². The Balaban J connectivity index is 1.82. The van der Waals surface area contributed by atoms with E-state index in [1.807, 2.05) is 29.9 Å². The van der Waals surface area contributed by atoms with E-state index in [0.29, 0.717) is 12.3 Å². The number of hydrogen-bond acceptors (Lipinski definition) is 4. The summed E-state index contributed by atoms with van der Waals surface area (Å²) in [5, 5.41) is 0.842. The Hall–Kier alpha value is -1.69. The lowest BCUT2D eigenvalue weighted by molar-refractivity contribution is -0.127. The van der Waals surface area contributed by atoms with Crippen LogP contribution in [0.25, 0.3) is 0 Å². The van der Waals surface area contributed by atoms with E-state index in [0.717, 1.165) is 10.9 Å². The molecule has 0 N–H and O–H groups in total. The largest absolute Gasteiger partial charge is 0.467 e. The van der Waals surface area contributed by atoms with Crippen molar-refractivity contribution >= 4 is 17.7 Å². The summed E-state index contributed by atoms with van der Waals surface area (Å²) < 4.78 is 7.10. The van der Waals surface area contributed by atoms with Gasteiger partial charge in [0.25, 0.3) is 0 Å². The maximum atomic E-state index is 11.9. The molecule has 0 aromatic carbocycles. The van der Waals surface area contributed by atoms with E-state index in [9.17, 15) is 4.79 Å². The molecule has 0 aliphatic heterocycles. The van der Waals surface area contributed by atoms with Gasteiger partial charge in [0.05, 0.1) is 18.6 Å². The standard InChI is InChI=1S/C12H15N3O2S/c1-14-6-5-13-12(14)18-9-11(16)15(2)8-10-4-3-7-17-10/h3-7H,8-9H2,1-2H3. The summed E-state index contributed by atoms with van der Waals surface area (Å²) in [7, 11) is 3.68. The first kappa shape index (κ1) is 12.8. The highest BCUT2D eigenvalue weighted by atomic mass is 32.2. The van der Waals surface area contributed by atoms with Crippen LogP contribution in [0.1, 0.15) is 5.76 Å². The van der Waals surface area contributed by atoms with E-state index in [-0.39, 0.29) is 5.91 Å². The minimum atomic E-state index is 0.0550. The van der Waals surface area contributed by atoms with Crippen LogP contribution in [0.15, 0.2) is 40.4 Å². The van der Waals surface area contributed by atoms with Gasteiger partial charge >= 0.3 is 0 Å². The molecule has 5 nitrogen and oxygen atoms in total. The fourth-order valence-electron chi connectivity index (χ4n) is 1.45. The van der Waals surface area contributed by atoms with Crippen molar-refractivity contribution < 1.29 is 9.21 Å². The van der Waals surface area contributed by atoms with Gasteiger partial charge in [0.1, 0.15) is 5.76 Å². The lowest BCUT2D eigenvalue weighted by atomic mass is 10.4. The van der Waals surface area contributed by atoms with Crippen LogP contribution in [0.3, 0.4) is 0 Å². The zero-order valence-corrected chi connectivity index (χ0v) is 11.2. The highest BCUT2D eigenvalue weighted by molar-refractivity contribution is 7.99. The van der Waals surface area contributed by atoms with E-state index in [1.54, 1.807) is 24.4 Å². The lowest BCUT2D eigenvalue weighted by Gasteiger charge is -2.15. The molecule has 18 heavy (non-hydrogen) atoms. The molecule has 2 heterocycles. The molecule has 0 saturated carbocycles. The van der Waals surface area contributed by atoms with Crippen LogP contribution in [0.5, 0.6) is 0 Å². The molecule has 0 atom stereocenters. The van der Waals surface area contributed by atoms with Crippen molar-refractivity contribution in [3.05, 3.63) is 36.5 Å². The van der Waals surface area contributed by atoms with E-state index >= 15 is 0 Å². The third kappa shape index (κ3) is 3.16. The van der Waals surface area contributed by atoms with Gasteiger partial charge in [-0.2, -0.15) is 0 Å². The SMILES string of the molecule is CN(Cc1ccco1)C(=O)CSc1nccn1C.